The Labute approximate surface area is 94.6 Å². The topological polar surface area (TPSA) is 47.6 Å². The first kappa shape index (κ1) is 10.8. The molecule has 1 aliphatic heterocycles. The zero-order valence-corrected chi connectivity index (χ0v) is 9.45. The summed E-state index contributed by atoms with van der Waals surface area (Å²) < 4.78 is 10.8. The second-order valence-corrected chi connectivity index (χ2v) is 4.20. The van der Waals surface area contributed by atoms with Crippen LogP contribution in [0, 0.1) is 5.92 Å². The lowest BCUT2D eigenvalue weighted by Crippen LogP contribution is -2.25. The summed E-state index contributed by atoms with van der Waals surface area (Å²) in [7, 11) is 0. The van der Waals surface area contributed by atoms with E-state index in [4.69, 9.17) is 9.47 Å². The lowest BCUT2D eigenvalue weighted by atomic mass is 10.2. The van der Waals surface area contributed by atoms with Crippen molar-refractivity contribution in [2.45, 2.75) is 13.8 Å². The molecule has 1 N–H and O–H groups in total. The van der Waals surface area contributed by atoms with Crippen molar-refractivity contribution in [1.29, 1.82) is 0 Å². The number of hydrogen-bond donors (Lipinski definition) is 1. The number of hydrogen-bond acceptors (Lipinski definition) is 3. The molecule has 1 aliphatic rings. The maximum Gasteiger partial charge on any atom is 0.262 e. The minimum absolute atomic E-state index is 0.0825. The zero-order valence-electron chi connectivity index (χ0n) is 9.45. The Balaban J connectivity index is 2.12. The van der Waals surface area contributed by atoms with Crippen LogP contribution in [0.15, 0.2) is 18.2 Å². The van der Waals surface area contributed by atoms with E-state index in [-0.39, 0.29) is 12.5 Å². The van der Waals surface area contributed by atoms with Crippen LogP contribution in [-0.2, 0) is 4.79 Å². The SMILES string of the molecule is CC(C)COc1ccc2c(c1)NC(=O)CO2. The number of amides is 1. The zero-order chi connectivity index (χ0) is 11.5. The molecule has 4 heteroatoms. The molecule has 86 valence electrons. The maximum atomic E-state index is 11.1. The van der Waals surface area contributed by atoms with E-state index in [0.29, 0.717) is 24.0 Å². The number of rotatable bonds is 3. The maximum absolute atomic E-state index is 11.1. The standard InChI is InChI=1S/C12H15NO3/c1-8(2)6-15-9-3-4-11-10(5-9)13-12(14)7-16-11/h3-5,8H,6-7H2,1-2H3,(H,13,14). The molecular formula is C12H15NO3. The van der Waals surface area contributed by atoms with Crippen molar-refractivity contribution in [3.63, 3.8) is 0 Å². The van der Waals surface area contributed by atoms with Gasteiger partial charge >= 0.3 is 0 Å². The molecule has 0 unspecified atom stereocenters. The molecule has 0 aromatic heterocycles. The smallest absolute Gasteiger partial charge is 0.262 e. The lowest BCUT2D eigenvalue weighted by Gasteiger charge is -2.18. The van der Waals surface area contributed by atoms with E-state index in [9.17, 15) is 4.79 Å². The molecule has 1 heterocycles. The van der Waals surface area contributed by atoms with Crippen LogP contribution < -0.4 is 14.8 Å². The van der Waals surface area contributed by atoms with Crippen LogP contribution >= 0.6 is 0 Å². The Morgan fingerprint density at radius 2 is 2.31 bits per heavy atom. The van der Waals surface area contributed by atoms with Crippen LogP contribution in [0.5, 0.6) is 11.5 Å². The van der Waals surface area contributed by atoms with Gasteiger partial charge in [0.2, 0.25) is 0 Å². The summed E-state index contributed by atoms with van der Waals surface area (Å²) in [4.78, 5) is 11.1. The summed E-state index contributed by atoms with van der Waals surface area (Å²) >= 11 is 0. The van der Waals surface area contributed by atoms with Gasteiger partial charge < -0.3 is 14.8 Å². The molecule has 0 saturated heterocycles. The summed E-state index contributed by atoms with van der Waals surface area (Å²) in [5.41, 5.74) is 0.678. The van der Waals surface area contributed by atoms with E-state index in [2.05, 4.69) is 19.2 Å². The summed E-state index contributed by atoms with van der Waals surface area (Å²) in [6.07, 6.45) is 0. The third kappa shape index (κ3) is 2.45. The molecule has 1 amide bonds. The minimum atomic E-state index is -0.131. The molecule has 0 bridgehead atoms. The van der Waals surface area contributed by atoms with Gasteiger partial charge in [0, 0.05) is 6.07 Å². The van der Waals surface area contributed by atoms with Gasteiger partial charge in [-0.2, -0.15) is 0 Å². The van der Waals surface area contributed by atoms with Gasteiger partial charge in [-0.25, -0.2) is 0 Å². The van der Waals surface area contributed by atoms with Gasteiger partial charge in [0.15, 0.2) is 6.61 Å². The van der Waals surface area contributed by atoms with E-state index in [1.165, 1.54) is 0 Å². The van der Waals surface area contributed by atoms with Gasteiger partial charge in [0.1, 0.15) is 11.5 Å². The highest BCUT2D eigenvalue weighted by molar-refractivity contribution is 5.95. The number of anilines is 1. The third-order valence-corrected chi connectivity index (χ3v) is 2.17. The van der Waals surface area contributed by atoms with Crippen molar-refractivity contribution >= 4 is 11.6 Å². The average Bonchev–Trinajstić information content (AvgIpc) is 2.25. The summed E-state index contributed by atoms with van der Waals surface area (Å²) in [6.45, 7) is 4.92. The Kier molecular flexibility index (Phi) is 2.99. The predicted octanol–water partition coefficient (Wildman–Crippen LogP) is 2.05. The van der Waals surface area contributed by atoms with E-state index >= 15 is 0 Å². The second kappa shape index (κ2) is 4.43. The van der Waals surface area contributed by atoms with Crippen molar-refractivity contribution in [2.75, 3.05) is 18.5 Å². The number of fused-ring (bicyclic) bond motifs is 1. The Bertz CT molecular complexity index is 401. The molecule has 2 rings (SSSR count). The molecule has 0 radical (unpaired) electrons. The molecule has 1 aromatic rings. The fourth-order valence-electron chi connectivity index (χ4n) is 1.41. The number of benzene rings is 1. The van der Waals surface area contributed by atoms with E-state index < -0.39 is 0 Å². The second-order valence-electron chi connectivity index (χ2n) is 4.20. The van der Waals surface area contributed by atoms with Gasteiger partial charge in [-0.1, -0.05) is 13.8 Å². The van der Waals surface area contributed by atoms with Crippen molar-refractivity contribution < 1.29 is 14.3 Å². The first-order valence-electron chi connectivity index (χ1n) is 5.34. The molecule has 1 aromatic carbocycles. The van der Waals surface area contributed by atoms with E-state index in [1.54, 1.807) is 6.07 Å². The van der Waals surface area contributed by atoms with Gasteiger partial charge in [-0.15, -0.1) is 0 Å². The number of ether oxygens (including phenoxy) is 2. The molecular weight excluding hydrogens is 206 g/mol. The van der Waals surface area contributed by atoms with Crippen LogP contribution in [0.3, 0.4) is 0 Å². The average molecular weight is 221 g/mol. The fraction of sp³-hybridized carbons (Fsp3) is 0.417. The Hall–Kier alpha value is -1.71. The van der Waals surface area contributed by atoms with Gasteiger partial charge in [0.25, 0.3) is 5.91 Å². The van der Waals surface area contributed by atoms with Gasteiger partial charge in [0.05, 0.1) is 12.3 Å². The highest BCUT2D eigenvalue weighted by atomic mass is 16.5. The summed E-state index contributed by atoms with van der Waals surface area (Å²) in [5, 5.41) is 2.74. The quantitative estimate of drug-likeness (QED) is 0.849. The molecule has 16 heavy (non-hydrogen) atoms. The number of carbonyl (C=O) groups excluding carboxylic acids is 1. The van der Waals surface area contributed by atoms with E-state index in [0.717, 1.165) is 5.75 Å². The summed E-state index contributed by atoms with van der Waals surface area (Å²) in [6, 6.07) is 5.44. The highest BCUT2D eigenvalue weighted by Crippen LogP contribution is 2.31. The number of carbonyl (C=O) groups is 1. The van der Waals surface area contributed by atoms with Crippen molar-refractivity contribution in [3.05, 3.63) is 18.2 Å². The van der Waals surface area contributed by atoms with Crippen molar-refractivity contribution in [2.24, 2.45) is 5.92 Å². The van der Waals surface area contributed by atoms with Crippen LogP contribution in [0.25, 0.3) is 0 Å². The van der Waals surface area contributed by atoms with Gasteiger partial charge in [-0.3, -0.25) is 4.79 Å². The largest absolute Gasteiger partial charge is 0.493 e. The first-order valence-corrected chi connectivity index (χ1v) is 5.34. The molecule has 0 atom stereocenters. The third-order valence-electron chi connectivity index (χ3n) is 2.17. The Morgan fingerprint density at radius 3 is 3.06 bits per heavy atom. The Morgan fingerprint density at radius 1 is 1.50 bits per heavy atom. The number of nitrogens with one attached hydrogen (secondary N) is 1. The molecule has 0 fully saturated rings. The fourth-order valence-corrected chi connectivity index (χ4v) is 1.41. The van der Waals surface area contributed by atoms with Crippen LogP contribution in [-0.4, -0.2) is 19.1 Å². The normalized spacial score (nSPS) is 14.1. The monoisotopic (exact) mass is 221 g/mol. The molecule has 0 saturated carbocycles. The van der Waals surface area contributed by atoms with Crippen LogP contribution in [0.4, 0.5) is 5.69 Å². The van der Waals surface area contributed by atoms with Crippen LogP contribution in [0.1, 0.15) is 13.8 Å². The highest BCUT2D eigenvalue weighted by Gasteiger charge is 2.16. The molecule has 0 aliphatic carbocycles. The summed E-state index contributed by atoms with van der Waals surface area (Å²) in [5.74, 6) is 1.78. The van der Waals surface area contributed by atoms with E-state index in [1.807, 2.05) is 12.1 Å². The molecule has 4 nitrogen and oxygen atoms in total. The first-order chi connectivity index (χ1) is 7.65. The van der Waals surface area contributed by atoms with Crippen molar-refractivity contribution in [3.8, 4) is 11.5 Å². The molecule has 0 spiro atoms. The lowest BCUT2D eigenvalue weighted by molar-refractivity contribution is -0.118. The van der Waals surface area contributed by atoms with Crippen molar-refractivity contribution in [1.82, 2.24) is 0 Å². The minimum Gasteiger partial charge on any atom is -0.493 e. The predicted molar refractivity (Wildman–Crippen MR) is 60.9 cm³/mol. The van der Waals surface area contributed by atoms with Crippen LogP contribution in [0.2, 0.25) is 0 Å². The van der Waals surface area contributed by atoms with Gasteiger partial charge in [-0.05, 0) is 18.1 Å².